The molecule has 2 heterocycles. The van der Waals surface area contributed by atoms with Crippen LogP contribution >= 0.6 is 0 Å². The lowest BCUT2D eigenvalue weighted by atomic mass is 9.98. The molecule has 2 aliphatic rings. The first-order chi connectivity index (χ1) is 33.6. The Hall–Kier alpha value is -1.79. The molecule has 14 heteroatoms. The largest absolute Gasteiger partial charge is 0.457 e. The lowest BCUT2D eigenvalue weighted by Crippen LogP contribution is -2.61. The zero-order valence-electron chi connectivity index (χ0n) is 43.1. The quantitative estimate of drug-likeness (QED) is 0.0173. The molecule has 11 atom stereocenters. The Balaban J connectivity index is 1.75. The number of hydrogen-bond acceptors (Lipinski definition) is 14. The van der Waals surface area contributed by atoms with Crippen molar-refractivity contribution in [3.05, 3.63) is 36.5 Å². The van der Waals surface area contributed by atoms with Crippen molar-refractivity contribution in [3.8, 4) is 0 Å². The number of aliphatic hydroxyl groups is 7. The number of allylic oxidation sites excluding steroid dienone is 6. The summed E-state index contributed by atoms with van der Waals surface area (Å²) in [6, 6.07) is 0. The highest BCUT2D eigenvalue weighted by Gasteiger charge is 2.47. The van der Waals surface area contributed by atoms with Gasteiger partial charge >= 0.3 is 5.97 Å². The minimum Gasteiger partial charge on any atom is -0.457 e. The van der Waals surface area contributed by atoms with E-state index in [1.165, 1.54) is 122 Å². The van der Waals surface area contributed by atoms with Gasteiger partial charge in [-0.3, -0.25) is 4.79 Å². The van der Waals surface area contributed by atoms with Gasteiger partial charge in [-0.25, -0.2) is 0 Å². The van der Waals surface area contributed by atoms with Crippen LogP contribution in [0.2, 0.25) is 0 Å². The normalized spacial score (nSPS) is 25.9. The second kappa shape index (κ2) is 42.7. The lowest BCUT2D eigenvalue weighted by Gasteiger charge is -2.42. The van der Waals surface area contributed by atoms with Gasteiger partial charge in [0.05, 0.1) is 26.4 Å². The van der Waals surface area contributed by atoms with Gasteiger partial charge in [-0.2, -0.15) is 0 Å². The van der Waals surface area contributed by atoms with Crippen LogP contribution in [0.4, 0.5) is 0 Å². The van der Waals surface area contributed by atoms with Gasteiger partial charge in [0.15, 0.2) is 12.6 Å². The minimum atomic E-state index is -1.71. The number of hydrogen-bond donors (Lipinski definition) is 7. The van der Waals surface area contributed by atoms with Gasteiger partial charge in [0, 0.05) is 13.0 Å². The van der Waals surface area contributed by atoms with Crippen LogP contribution in [0, 0.1) is 0 Å². The lowest BCUT2D eigenvalue weighted by molar-refractivity contribution is -0.332. The average molecular weight is 985 g/mol. The van der Waals surface area contributed by atoms with Crippen molar-refractivity contribution in [2.24, 2.45) is 0 Å². The summed E-state index contributed by atoms with van der Waals surface area (Å²) in [6.45, 7) is 3.66. The predicted molar refractivity (Wildman–Crippen MR) is 270 cm³/mol. The molecule has 0 spiro atoms. The molecule has 2 saturated heterocycles. The number of rotatable bonds is 44. The zero-order chi connectivity index (χ0) is 50.2. The molecular formula is C55H100O14. The Kier molecular flexibility index (Phi) is 39.2. The molecule has 69 heavy (non-hydrogen) atoms. The van der Waals surface area contributed by atoms with Crippen molar-refractivity contribution in [1.29, 1.82) is 0 Å². The van der Waals surface area contributed by atoms with Crippen LogP contribution in [-0.4, -0.2) is 142 Å². The SMILES string of the molecule is CCCCC/C=C\C/C=C\CCCCCCCCCCOCC(COC1OC(COC2OC(CO)C(O)C(O)C2O)C(O)C(O)C1O)OC(=O)CCCCCCCCC/C=C\CCCCCCCC. The summed E-state index contributed by atoms with van der Waals surface area (Å²) in [7, 11) is 0. The van der Waals surface area contributed by atoms with Crippen LogP contribution in [0.25, 0.3) is 0 Å². The van der Waals surface area contributed by atoms with E-state index in [9.17, 15) is 40.5 Å². The molecule has 0 aromatic carbocycles. The third kappa shape index (κ3) is 30.1. The zero-order valence-corrected chi connectivity index (χ0v) is 43.1. The summed E-state index contributed by atoms with van der Waals surface area (Å²) >= 11 is 0. The summed E-state index contributed by atoms with van der Waals surface area (Å²) in [6.07, 6.45) is 32.0. The first kappa shape index (κ1) is 63.3. The van der Waals surface area contributed by atoms with E-state index in [1.54, 1.807) is 0 Å². The molecular weight excluding hydrogens is 885 g/mol. The fourth-order valence-electron chi connectivity index (χ4n) is 8.60. The number of unbranched alkanes of at least 4 members (excludes halogenated alkanes) is 24. The highest BCUT2D eigenvalue weighted by Crippen LogP contribution is 2.26. The minimum absolute atomic E-state index is 0.0569. The van der Waals surface area contributed by atoms with Crippen LogP contribution < -0.4 is 0 Å². The third-order valence-electron chi connectivity index (χ3n) is 13.1. The molecule has 0 radical (unpaired) electrons. The first-order valence-corrected chi connectivity index (χ1v) is 27.6. The van der Waals surface area contributed by atoms with Crippen molar-refractivity contribution < 1.29 is 69.0 Å². The fraction of sp³-hybridized carbons (Fsp3) is 0.873. The first-order valence-electron chi connectivity index (χ1n) is 27.6. The highest BCUT2D eigenvalue weighted by atomic mass is 16.7. The van der Waals surface area contributed by atoms with Gasteiger partial charge in [-0.15, -0.1) is 0 Å². The highest BCUT2D eigenvalue weighted by molar-refractivity contribution is 5.69. The number of carbonyl (C=O) groups is 1. The molecule has 14 nitrogen and oxygen atoms in total. The second-order valence-corrected chi connectivity index (χ2v) is 19.4. The van der Waals surface area contributed by atoms with E-state index < -0.39 is 80.7 Å². The summed E-state index contributed by atoms with van der Waals surface area (Å²) < 4.78 is 34.3. The Morgan fingerprint density at radius 3 is 1.43 bits per heavy atom. The van der Waals surface area contributed by atoms with E-state index in [-0.39, 0.29) is 25.6 Å². The van der Waals surface area contributed by atoms with Crippen LogP contribution in [0.15, 0.2) is 36.5 Å². The molecule has 0 bridgehead atoms. The Morgan fingerprint density at radius 2 is 0.899 bits per heavy atom. The molecule has 0 saturated carbocycles. The number of aliphatic hydroxyl groups excluding tert-OH is 7. The third-order valence-corrected chi connectivity index (χ3v) is 13.1. The predicted octanol–water partition coefficient (Wildman–Crippen LogP) is 8.97. The van der Waals surface area contributed by atoms with Crippen LogP contribution in [0.5, 0.6) is 0 Å². The van der Waals surface area contributed by atoms with Crippen molar-refractivity contribution in [2.75, 3.05) is 33.0 Å². The van der Waals surface area contributed by atoms with Gasteiger partial charge in [0.2, 0.25) is 0 Å². The van der Waals surface area contributed by atoms with Crippen LogP contribution in [0.1, 0.15) is 206 Å². The van der Waals surface area contributed by atoms with Gasteiger partial charge in [-0.1, -0.05) is 166 Å². The molecule has 11 unspecified atom stereocenters. The van der Waals surface area contributed by atoms with Crippen molar-refractivity contribution in [2.45, 2.75) is 274 Å². The molecule has 2 fully saturated rings. The van der Waals surface area contributed by atoms with Crippen molar-refractivity contribution >= 4 is 5.97 Å². The van der Waals surface area contributed by atoms with E-state index in [0.29, 0.717) is 13.0 Å². The Bertz CT molecular complexity index is 1280. The molecule has 0 amide bonds. The van der Waals surface area contributed by atoms with Crippen molar-refractivity contribution in [1.82, 2.24) is 0 Å². The number of carbonyl (C=O) groups excluding carboxylic acids is 1. The fourth-order valence-corrected chi connectivity index (χ4v) is 8.60. The molecule has 0 aliphatic carbocycles. The van der Waals surface area contributed by atoms with E-state index in [1.807, 2.05) is 0 Å². The summed E-state index contributed by atoms with van der Waals surface area (Å²) in [4.78, 5) is 13.0. The van der Waals surface area contributed by atoms with E-state index in [2.05, 4.69) is 50.3 Å². The molecule has 2 aliphatic heterocycles. The van der Waals surface area contributed by atoms with E-state index in [0.717, 1.165) is 57.8 Å². The average Bonchev–Trinajstić information content (AvgIpc) is 3.35. The maximum absolute atomic E-state index is 13.0. The topological polar surface area (TPSA) is 214 Å². The Morgan fingerprint density at radius 1 is 0.478 bits per heavy atom. The summed E-state index contributed by atoms with van der Waals surface area (Å²) in [5.74, 6) is -0.382. The van der Waals surface area contributed by atoms with Gasteiger partial charge in [0.1, 0.15) is 54.9 Å². The van der Waals surface area contributed by atoms with Crippen LogP contribution in [0.3, 0.4) is 0 Å². The maximum Gasteiger partial charge on any atom is 0.306 e. The number of ether oxygens (including phenoxy) is 6. The van der Waals surface area contributed by atoms with Gasteiger partial charge < -0.3 is 64.2 Å². The molecule has 404 valence electrons. The smallest absolute Gasteiger partial charge is 0.306 e. The molecule has 2 rings (SSSR count). The standard InChI is InChI=1S/C55H100O14/c1-3-5-7-9-11-13-15-17-19-21-23-25-27-29-31-33-35-37-39-64-41-44(67-47(57)38-36-34-32-30-28-26-24-22-20-18-16-14-12-10-8-6-4-2)42-65-54-53(63)51(61)49(59)46(69-54)43-66-55-52(62)50(60)48(58)45(40-56)68-55/h11,13,17-20,44-46,48-56,58-63H,3-10,12,14-16,21-43H2,1-2H3/b13-11-,19-17-,20-18-. The van der Waals surface area contributed by atoms with Crippen LogP contribution in [-0.2, 0) is 33.2 Å². The summed E-state index contributed by atoms with van der Waals surface area (Å²) in [5.41, 5.74) is 0. The summed E-state index contributed by atoms with van der Waals surface area (Å²) in [5, 5.41) is 72.2. The second-order valence-electron chi connectivity index (χ2n) is 19.4. The monoisotopic (exact) mass is 985 g/mol. The number of esters is 1. The maximum atomic E-state index is 13.0. The van der Waals surface area contributed by atoms with E-state index >= 15 is 0 Å². The van der Waals surface area contributed by atoms with Gasteiger partial charge in [-0.05, 0) is 70.6 Å². The molecule has 0 aromatic rings. The van der Waals surface area contributed by atoms with E-state index in [4.69, 9.17) is 28.4 Å². The Labute approximate surface area is 417 Å². The van der Waals surface area contributed by atoms with Crippen molar-refractivity contribution in [3.63, 3.8) is 0 Å². The molecule has 0 aromatic heterocycles. The van der Waals surface area contributed by atoms with Gasteiger partial charge in [0.25, 0.3) is 0 Å². The molecule has 7 N–H and O–H groups in total.